The van der Waals surface area contributed by atoms with Crippen LogP contribution < -0.4 is 0 Å². The van der Waals surface area contributed by atoms with Crippen molar-refractivity contribution in [2.45, 2.75) is 12.6 Å². The summed E-state index contributed by atoms with van der Waals surface area (Å²) in [5.41, 5.74) is 1.31. The minimum absolute atomic E-state index is 0.0927. The minimum Gasteiger partial charge on any atom is -0.507 e. The second kappa shape index (κ2) is 7.62. The molecule has 1 amide bonds. The second-order valence-electron chi connectivity index (χ2n) is 6.42. The number of likely N-dealkylation sites (tertiary alicyclic amines) is 1. The number of amides is 1. The molecule has 0 aliphatic carbocycles. The summed E-state index contributed by atoms with van der Waals surface area (Å²) in [6, 6.07) is 19.0. The maximum atomic E-state index is 12.9. The van der Waals surface area contributed by atoms with Crippen molar-refractivity contribution in [2.75, 3.05) is 0 Å². The van der Waals surface area contributed by atoms with E-state index >= 15 is 0 Å². The molecule has 2 heterocycles. The molecule has 6 heteroatoms. The fourth-order valence-electron chi connectivity index (χ4n) is 3.36. The van der Waals surface area contributed by atoms with E-state index < -0.39 is 17.7 Å². The van der Waals surface area contributed by atoms with Crippen LogP contribution in [-0.2, 0) is 16.1 Å². The lowest BCUT2D eigenvalue weighted by molar-refractivity contribution is -0.140. The highest BCUT2D eigenvalue weighted by Gasteiger charge is 2.46. The van der Waals surface area contributed by atoms with Gasteiger partial charge < -0.3 is 10.0 Å². The number of aliphatic hydroxyl groups is 1. The maximum absolute atomic E-state index is 12.9. The fourth-order valence-corrected chi connectivity index (χ4v) is 4.19. The van der Waals surface area contributed by atoms with Crippen molar-refractivity contribution >= 4 is 40.4 Å². The van der Waals surface area contributed by atoms with E-state index in [1.54, 1.807) is 24.3 Å². The van der Waals surface area contributed by atoms with Crippen LogP contribution in [0.4, 0.5) is 0 Å². The number of aliphatic hydroxyl groups excluding tert-OH is 1. The number of Topliss-reactive ketones (excluding diaryl/α,β-unsaturated/α-hetero) is 1. The van der Waals surface area contributed by atoms with Gasteiger partial charge in [-0.05, 0) is 41.3 Å². The first kappa shape index (κ1) is 18.5. The van der Waals surface area contributed by atoms with Gasteiger partial charge in [0, 0.05) is 15.5 Å². The zero-order chi connectivity index (χ0) is 19.7. The van der Waals surface area contributed by atoms with E-state index in [-0.39, 0.29) is 11.3 Å². The van der Waals surface area contributed by atoms with Crippen molar-refractivity contribution in [1.82, 2.24) is 4.90 Å². The third-order valence-electron chi connectivity index (χ3n) is 4.68. The highest BCUT2D eigenvalue weighted by molar-refractivity contribution is 7.09. The predicted octanol–water partition coefficient (Wildman–Crippen LogP) is 5.02. The van der Waals surface area contributed by atoms with Gasteiger partial charge >= 0.3 is 0 Å². The van der Waals surface area contributed by atoms with E-state index in [1.807, 2.05) is 47.8 Å². The Bertz CT molecular complexity index is 1040. The highest BCUT2D eigenvalue weighted by atomic mass is 35.5. The third kappa shape index (κ3) is 3.35. The van der Waals surface area contributed by atoms with Gasteiger partial charge in [0.15, 0.2) is 0 Å². The van der Waals surface area contributed by atoms with Crippen LogP contribution in [0.15, 0.2) is 77.7 Å². The maximum Gasteiger partial charge on any atom is 0.295 e. The Morgan fingerprint density at radius 3 is 2.36 bits per heavy atom. The summed E-state index contributed by atoms with van der Waals surface area (Å²) >= 11 is 7.45. The molecule has 1 unspecified atom stereocenters. The number of hydrogen-bond donors (Lipinski definition) is 1. The van der Waals surface area contributed by atoms with Crippen LogP contribution in [0.1, 0.15) is 22.0 Å². The van der Waals surface area contributed by atoms with Crippen molar-refractivity contribution in [2.24, 2.45) is 0 Å². The van der Waals surface area contributed by atoms with Crippen molar-refractivity contribution in [3.05, 3.63) is 98.7 Å². The Morgan fingerprint density at radius 1 is 1.00 bits per heavy atom. The molecule has 4 rings (SSSR count). The number of thiophene rings is 1. The molecule has 1 atom stereocenters. The summed E-state index contributed by atoms with van der Waals surface area (Å²) in [6.07, 6.45) is 0. The number of halogens is 1. The minimum atomic E-state index is -0.683. The van der Waals surface area contributed by atoms with Gasteiger partial charge in [-0.15, -0.1) is 11.3 Å². The molecular weight excluding hydrogens is 394 g/mol. The molecule has 1 aromatic heterocycles. The van der Waals surface area contributed by atoms with Crippen LogP contribution in [0, 0.1) is 0 Å². The molecule has 1 aliphatic heterocycles. The van der Waals surface area contributed by atoms with Gasteiger partial charge in [0.2, 0.25) is 0 Å². The lowest BCUT2D eigenvalue weighted by Gasteiger charge is -2.24. The highest BCUT2D eigenvalue weighted by Crippen LogP contribution is 2.40. The topological polar surface area (TPSA) is 57.6 Å². The number of carbonyl (C=O) groups excluding carboxylic acids is 2. The zero-order valence-corrected chi connectivity index (χ0v) is 16.3. The first-order chi connectivity index (χ1) is 13.6. The van der Waals surface area contributed by atoms with Gasteiger partial charge in [0.25, 0.3) is 11.7 Å². The summed E-state index contributed by atoms with van der Waals surface area (Å²) in [5.74, 6) is -1.49. The molecule has 140 valence electrons. The van der Waals surface area contributed by atoms with Crippen molar-refractivity contribution in [3.63, 3.8) is 0 Å². The van der Waals surface area contributed by atoms with Gasteiger partial charge in [0.05, 0.1) is 18.2 Å². The van der Waals surface area contributed by atoms with Crippen LogP contribution in [0.2, 0.25) is 5.02 Å². The molecule has 3 aromatic rings. The zero-order valence-electron chi connectivity index (χ0n) is 14.7. The normalized spacial score (nSPS) is 18.6. The Labute approximate surface area is 171 Å². The summed E-state index contributed by atoms with van der Waals surface area (Å²) in [4.78, 5) is 28.2. The van der Waals surface area contributed by atoms with E-state index in [0.29, 0.717) is 17.1 Å². The quantitative estimate of drug-likeness (QED) is 0.374. The standard InChI is InChI=1S/C22H16ClNO3S/c23-16-10-8-15(9-11-16)20(25)18-19(14-5-2-1-3-6-14)24(22(27)21(18)26)13-17-7-4-12-28-17/h1-12,19,25H,13H2/b20-18+. The van der Waals surface area contributed by atoms with E-state index in [2.05, 4.69) is 0 Å². The van der Waals surface area contributed by atoms with Crippen molar-refractivity contribution in [1.29, 1.82) is 0 Å². The summed E-state index contributed by atoms with van der Waals surface area (Å²) in [7, 11) is 0. The smallest absolute Gasteiger partial charge is 0.295 e. The van der Waals surface area contributed by atoms with Crippen molar-refractivity contribution in [3.8, 4) is 0 Å². The number of hydrogen-bond acceptors (Lipinski definition) is 4. The van der Waals surface area contributed by atoms with E-state index in [0.717, 1.165) is 10.4 Å². The molecule has 0 radical (unpaired) electrons. The summed E-state index contributed by atoms with van der Waals surface area (Å²) in [5, 5.41) is 13.4. The molecule has 1 fully saturated rings. The lowest BCUT2D eigenvalue weighted by atomic mass is 9.95. The fraction of sp³-hybridized carbons (Fsp3) is 0.0909. The van der Waals surface area contributed by atoms with Gasteiger partial charge in [0.1, 0.15) is 5.76 Å². The van der Waals surface area contributed by atoms with Crippen LogP contribution in [-0.4, -0.2) is 21.7 Å². The Morgan fingerprint density at radius 2 is 1.71 bits per heavy atom. The molecule has 1 saturated heterocycles. The Hall–Kier alpha value is -2.89. The van der Waals surface area contributed by atoms with E-state index in [9.17, 15) is 14.7 Å². The van der Waals surface area contributed by atoms with Crippen LogP contribution in [0.25, 0.3) is 5.76 Å². The molecule has 0 spiro atoms. The number of carbonyl (C=O) groups is 2. The van der Waals surface area contributed by atoms with Gasteiger partial charge in [-0.3, -0.25) is 9.59 Å². The van der Waals surface area contributed by atoms with Gasteiger partial charge in [-0.1, -0.05) is 48.0 Å². The number of nitrogens with zero attached hydrogens (tertiary/aromatic N) is 1. The predicted molar refractivity (Wildman–Crippen MR) is 110 cm³/mol. The largest absolute Gasteiger partial charge is 0.507 e. The van der Waals surface area contributed by atoms with Gasteiger partial charge in [-0.25, -0.2) is 0 Å². The summed E-state index contributed by atoms with van der Waals surface area (Å²) in [6.45, 7) is 0.305. The van der Waals surface area contributed by atoms with E-state index in [4.69, 9.17) is 11.6 Å². The first-order valence-corrected chi connectivity index (χ1v) is 9.93. The molecular formula is C22H16ClNO3S. The van der Waals surface area contributed by atoms with Crippen LogP contribution in [0.5, 0.6) is 0 Å². The second-order valence-corrected chi connectivity index (χ2v) is 7.89. The van der Waals surface area contributed by atoms with Crippen molar-refractivity contribution < 1.29 is 14.7 Å². The molecule has 0 saturated carbocycles. The molecule has 1 aliphatic rings. The average molecular weight is 410 g/mol. The third-order valence-corrected chi connectivity index (χ3v) is 5.79. The number of ketones is 1. The SMILES string of the molecule is O=C1C(=O)N(Cc2cccs2)C(c2ccccc2)/C1=C(\O)c1ccc(Cl)cc1. The molecule has 4 nitrogen and oxygen atoms in total. The molecule has 1 N–H and O–H groups in total. The Balaban J connectivity index is 1.85. The molecule has 2 aromatic carbocycles. The molecule has 0 bridgehead atoms. The monoisotopic (exact) mass is 409 g/mol. The van der Waals surface area contributed by atoms with Crippen LogP contribution in [0.3, 0.4) is 0 Å². The van der Waals surface area contributed by atoms with Gasteiger partial charge in [-0.2, -0.15) is 0 Å². The summed E-state index contributed by atoms with van der Waals surface area (Å²) < 4.78 is 0. The van der Waals surface area contributed by atoms with E-state index in [1.165, 1.54) is 16.2 Å². The number of rotatable bonds is 4. The number of benzene rings is 2. The van der Waals surface area contributed by atoms with Crippen LogP contribution >= 0.6 is 22.9 Å². The lowest BCUT2D eigenvalue weighted by Crippen LogP contribution is -2.28. The Kier molecular flexibility index (Phi) is 5.03. The first-order valence-electron chi connectivity index (χ1n) is 8.68. The molecule has 28 heavy (non-hydrogen) atoms. The average Bonchev–Trinajstić information content (AvgIpc) is 3.31.